The SMILES string of the molecule is Nc1ccn(C2O[C@H](COP(=O)([O-])OP(=O)([O-])OP(=O)(O)O)[C@@H](O)[C@H]2O)c(=O)n1.O.O.[Na+].[Na+]. The number of rotatable bonds is 8. The molecule has 1 fully saturated rings. The fourth-order valence-corrected chi connectivity index (χ4v) is 5.10. The van der Waals surface area contributed by atoms with E-state index in [0.717, 1.165) is 10.8 Å². The molecular weight excluding hydrogens is 545 g/mol. The molecule has 24 heteroatoms. The van der Waals surface area contributed by atoms with Crippen molar-refractivity contribution in [2.75, 3.05) is 12.3 Å². The Morgan fingerprint density at radius 2 is 1.64 bits per heavy atom. The summed E-state index contributed by atoms with van der Waals surface area (Å²) in [5.41, 5.74) is 4.36. The van der Waals surface area contributed by atoms with Crippen LogP contribution in [-0.2, 0) is 31.6 Å². The van der Waals surface area contributed by atoms with Crippen molar-refractivity contribution < 1.29 is 131 Å². The van der Waals surface area contributed by atoms with Crippen LogP contribution in [0.25, 0.3) is 0 Å². The van der Waals surface area contributed by atoms with Crippen LogP contribution in [0.5, 0.6) is 0 Å². The summed E-state index contributed by atoms with van der Waals surface area (Å²) >= 11 is 0. The third-order valence-corrected chi connectivity index (χ3v) is 6.98. The molecule has 0 aromatic carbocycles. The van der Waals surface area contributed by atoms with Crippen molar-refractivity contribution in [3.05, 3.63) is 22.7 Å². The van der Waals surface area contributed by atoms with E-state index in [1.54, 1.807) is 0 Å². The zero-order valence-corrected chi connectivity index (χ0v) is 23.5. The van der Waals surface area contributed by atoms with Crippen LogP contribution in [0.1, 0.15) is 6.23 Å². The van der Waals surface area contributed by atoms with Crippen LogP contribution in [0.3, 0.4) is 0 Å². The van der Waals surface area contributed by atoms with Gasteiger partial charge in [0.15, 0.2) is 6.23 Å². The van der Waals surface area contributed by atoms with E-state index in [2.05, 4.69) is 18.1 Å². The predicted octanol–water partition coefficient (Wildman–Crippen LogP) is -11.1. The second-order valence-electron chi connectivity index (χ2n) is 5.43. The predicted molar refractivity (Wildman–Crippen MR) is 91.4 cm³/mol. The van der Waals surface area contributed by atoms with Crippen LogP contribution in [0.2, 0.25) is 0 Å². The summed E-state index contributed by atoms with van der Waals surface area (Å²) in [4.78, 5) is 54.6. The summed E-state index contributed by atoms with van der Waals surface area (Å²) < 4.78 is 49.8. The number of nitrogens with zero attached hydrogens (tertiary/aromatic N) is 2. The molecule has 1 aromatic rings. The van der Waals surface area contributed by atoms with Crippen LogP contribution in [0.4, 0.5) is 5.82 Å². The second-order valence-corrected chi connectivity index (χ2v) is 9.77. The molecule has 10 N–H and O–H groups in total. The number of nitrogens with two attached hydrogens (primary N) is 1. The third-order valence-electron chi connectivity index (χ3n) is 3.27. The van der Waals surface area contributed by atoms with Crippen LogP contribution < -0.4 is 80.3 Å². The largest absolute Gasteiger partial charge is 1.00 e. The first-order valence-corrected chi connectivity index (χ1v) is 11.7. The quantitative estimate of drug-likeness (QED) is 0.145. The summed E-state index contributed by atoms with van der Waals surface area (Å²) in [5.74, 6) is -0.136. The van der Waals surface area contributed by atoms with Gasteiger partial charge in [-0.05, 0) is 6.07 Å². The van der Waals surface area contributed by atoms with Gasteiger partial charge in [0, 0.05) is 6.20 Å². The Morgan fingerprint density at radius 1 is 1.09 bits per heavy atom. The summed E-state index contributed by atoms with van der Waals surface area (Å²) in [6, 6.07) is 1.18. The van der Waals surface area contributed by atoms with Crippen LogP contribution in [0.15, 0.2) is 17.1 Å². The molecule has 0 radical (unpaired) electrons. The van der Waals surface area contributed by atoms with E-state index in [1.807, 2.05) is 0 Å². The zero-order valence-electron chi connectivity index (χ0n) is 16.9. The second kappa shape index (κ2) is 14.6. The first-order valence-electron chi connectivity index (χ1n) is 7.21. The van der Waals surface area contributed by atoms with Gasteiger partial charge in [0.05, 0.1) is 6.61 Å². The van der Waals surface area contributed by atoms with Gasteiger partial charge < -0.3 is 55.7 Å². The van der Waals surface area contributed by atoms with Crippen molar-refractivity contribution in [1.82, 2.24) is 9.55 Å². The van der Waals surface area contributed by atoms with Gasteiger partial charge in [-0.2, -0.15) is 4.98 Å². The molecule has 1 saturated heterocycles. The van der Waals surface area contributed by atoms with E-state index < -0.39 is 60.3 Å². The smallest absolute Gasteiger partial charge is 0.756 e. The van der Waals surface area contributed by atoms with Gasteiger partial charge in [0.25, 0.3) is 15.6 Å². The molecule has 1 aliphatic heterocycles. The Balaban J connectivity index is -0.00000225. The van der Waals surface area contributed by atoms with Crippen molar-refractivity contribution in [3.8, 4) is 0 Å². The van der Waals surface area contributed by atoms with Gasteiger partial charge in [-0.3, -0.25) is 13.7 Å². The maximum absolute atomic E-state index is 11.8. The van der Waals surface area contributed by atoms with Crippen molar-refractivity contribution in [3.63, 3.8) is 0 Å². The van der Waals surface area contributed by atoms with Gasteiger partial charge in [-0.25, -0.2) is 18.0 Å². The van der Waals surface area contributed by atoms with Crippen molar-refractivity contribution in [2.24, 2.45) is 0 Å². The molecule has 1 aliphatic rings. The van der Waals surface area contributed by atoms with Crippen molar-refractivity contribution in [2.45, 2.75) is 24.5 Å². The molecule has 1 aromatic heterocycles. The summed E-state index contributed by atoms with van der Waals surface area (Å²) in [5, 5.41) is 19.9. The van der Waals surface area contributed by atoms with Gasteiger partial charge >= 0.3 is 72.6 Å². The molecule has 2 rings (SSSR count). The maximum Gasteiger partial charge on any atom is 1.00 e. The monoisotopic (exact) mass is 563 g/mol. The number of ether oxygens (including phenoxy) is 1. The molecule has 6 atom stereocenters. The van der Waals surface area contributed by atoms with E-state index in [1.165, 1.54) is 6.07 Å². The number of aliphatic hydroxyl groups is 2. The van der Waals surface area contributed by atoms with E-state index in [4.69, 9.17) is 20.3 Å². The van der Waals surface area contributed by atoms with E-state index >= 15 is 0 Å². The van der Waals surface area contributed by atoms with E-state index in [9.17, 15) is 38.5 Å². The van der Waals surface area contributed by atoms with Crippen LogP contribution >= 0.6 is 23.5 Å². The molecule has 2 heterocycles. The number of aromatic nitrogens is 2. The molecule has 0 aliphatic carbocycles. The third kappa shape index (κ3) is 11.7. The fraction of sp³-hybridized carbons (Fsp3) is 0.556. The van der Waals surface area contributed by atoms with Crippen molar-refractivity contribution >= 4 is 29.3 Å². The minimum Gasteiger partial charge on any atom is -0.756 e. The number of phosphoric acid groups is 3. The number of hydrogen-bond acceptors (Lipinski definition) is 14. The minimum absolute atomic E-state index is 0. The number of nitrogen functional groups attached to an aromatic ring is 1. The Labute approximate surface area is 228 Å². The normalized spacial score (nSPS) is 25.8. The Kier molecular flexibility index (Phi) is 17.0. The Bertz CT molecular complexity index is 959. The molecule has 33 heavy (non-hydrogen) atoms. The summed E-state index contributed by atoms with van der Waals surface area (Å²) in [6.45, 7) is -1.11. The minimum atomic E-state index is -6.03. The van der Waals surface area contributed by atoms with Gasteiger partial charge in [-0.1, -0.05) is 0 Å². The van der Waals surface area contributed by atoms with Crippen LogP contribution in [0, 0.1) is 0 Å². The maximum atomic E-state index is 11.8. The molecule has 0 spiro atoms. The first-order chi connectivity index (χ1) is 13.1. The zero-order chi connectivity index (χ0) is 22.2. The van der Waals surface area contributed by atoms with E-state index in [0.29, 0.717) is 0 Å². The average Bonchev–Trinajstić information content (AvgIpc) is 2.78. The van der Waals surface area contributed by atoms with Gasteiger partial charge in [0.2, 0.25) is 0 Å². The number of phosphoric ester groups is 1. The molecule has 0 amide bonds. The molecule has 19 nitrogen and oxygen atoms in total. The molecule has 0 saturated carbocycles. The average molecular weight is 563 g/mol. The van der Waals surface area contributed by atoms with E-state index in [-0.39, 0.29) is 75.9 Å². The standard InChI is InChI=1S/C9H16N3O14P3.2Na.2H2O/c10-5-1-2-12(9(15)11-5)8-7(14)6(13)4(24-8)3-23-28(19,20)26-29(21,22)25-27(16,17)18;;;;/h1-2,4,6-8,13-14H,3H2,(H,19,20)(H,21,22)(H2,10,11,15)(H2,16,17,18);;;2*1H2/q;2*+1;;/p-2/t4-,6-,7-,8?;;;;/m1..../s1. The molecule has 182 valence electrons. The molecule has 0 bridgehead atoms. The number of anilines is 1. The Morgan fingerprint density at radius 3 is 2.12 bits per heavy atom. The number of hydrogen-bond donors (Lipinski definition) is 5. The van der Waals surface area contributed by atoms with Crippen LogP contribution in [-0.4, -0.2) is 65.4 Å². The molecule has 3 unspecified atom stereocenters. The number of aliphatic hydroxyl groups excluding tert-OH is 2. The fourth-order valence-electron chi connectivity index (χ4n) is 2.17. The summed E-state index contributed by atoms with van der Waals surface area (Å²) in [7, 11) is -17.4. The van der Waals surface area contributed by atoms with Gasteiger partial charge in [0.1, 0.15) is 24.1 Å². The first kappa shape index (κ1) is 38.4. The summed E-state index contributed by atoms with van der Waals surface area (Å²) in [6.07, 6.45) is -5.57. The topological polar surface area (TPSA) is 339 Å². The molecular formula is C9H18N3Na2O16P3. The van der Waals surface area contributed by atoms with Gasteiger partial charge in [-0.15, -0.1) is 0 Å². The Hall–Kier alpha value is 0.890. The van der Waals surface area contributed by atoms with Crippen molar-refractivity contribution in [1.29, 1.82) is 0 Å².